The Kier molecular flexibility index (Phi) is 5.77. The Hall–Kier alpha value is -2.56. The molecule has 2 aromatic carbocycles. The maximum atomic E-state index is 13.4. The molecule has 2 rings (SSSR count). The van der Waals surface area contributed by atoms with E-state index in [2.05, 4.69) is 10.6 Å². The number of hydrogen-bond donors (Lipinski definition) is 2. The number of hydrogen-bond acceptors (Lipinski definition) is 2. The zero-order valence-corrected chi connectivity index (χ0v) is 12.4. The summed E-state index contributed by atoms with van der Waals surface area (Å²) in [4.78, 5) is 11.7. The smallest absolute Gasteiger partial charge is 0.315 e. The van der Waals surface area contributed by atoms with Gasteiger partial charge in [0.05, 0.1) is 7.11 Å². The number of carbonyl (C=O) groups excluding carboxylic acids is 1. The van der Waals surface area contributed by atoms with Crippen LogP contribution in [0.3, 0.4) is 0 Å². The van der Waals surface area contributed by atoms with Gasteiger partial charge in [-0.15, -0.1) is 0 Å². The van der Waals surface area contributed by atoms with Gasteiger partial charge in [-0.25, -0.2) is 9.18 Å². The van der Waals surface area contributed by atoms with Crippen molar-refractivity contribution in [3.8, 4) is 5.75 Å². The van der Waals surface area contributed by atoms with Crippen molar-refractivity contribution in [1.82, 2.24) is 10.6 Å². The summed E-state index contributed by atoms with van der Waals surface area (Å²) in [6, 6.07) is 13.7. The minimum absolute atomic E-state index is 0.251. The van der Waals surface area contributed by atoms with Crippen LogP contribution in [0, 0.1) is 5.82 Å². The number of ether oxygens (including phenoxy) is 1. The molecule has 0 spiro atoms. The van der Waals surface area contributed by atoms with E-state index >= 15 is 0 Å². The van der Waals surface area contributed by atoms with Crippen molar-refractivity contribution >= 4 is 6.03 Å². The van der Waals surface area contributed by atoms with E-state index in [0.717, 1.165) is 11.3 Å². The highest BCUT2D eigenvalue weighted by molar-refractivity contribution is 5.73. The molecule has 116 valence electrons. The van der Waals surface area contributed by atoms with Crippen LogP contribution in [0.15, 0.2) is 48.5 Å². The van der Waals surface area contributed by atoms with E-state index < -0.39 is 0 Å². The summed E-state index contributed by atoms with van der Waals surface area (Å²) in [6.45, 7) is 0.744. The lowest BCUT2D eigenvalue weighted by atomic mass is 10.1. The SMILES string of the molecule is COc1ccccc1CNC(=O)NCCc1ccccc1F. The molecule has 0 aromatic heterocycles. The summed E-state index contributed by atoms with van der Waals surface area (Å²) in [5.41, 5.74) is 1.49. The second kappa shape index (κ2) is 8.02. The predicted molar refractivity (Wildman–Crippen MR) is 83.3 cm³/mol. The third-order valence-corrected chi connectivity index (χ3v) is 3.27. The van der Waals surface area contributed by atoms with Crippen LogP contribution in [0.25, 0.3) is 0 Å². The molecule has 2 aromatic rings. The summed E-state index contributed by atoms with van der Waals surface area (Å²) in [5, 5.41) is 5.46. The summed E-state index contributed by atoms with van der Waals surface area (Å²) < 4.78 is 18.6. The topological polar surface area (TPSA) is 50.4 Å². The van der Waals surface area contributed by atoms with Gasteiger partial charge < -0.3 is 15.4 Å². The van der Waals surface area contributed by atoms with Crippen LogP contribution in [0.2, 0.25) is 0 Å². The van der Waals surface area contributed by atoms with Crippen molar-refractivity contribution in [1.29, 1.82) is 0 Å². The normalized spacial score (nSPS) is 10.1. The highest BCUT2D eigenvalue weighted by Crippen LogP contribution is 2.16. The fraction of sp³-hybridized carbons (Fsp3) is 0.235. The molecule has 4 nitrogen and oxygen atoms in total. The number of benzene rings is 2. The molecule has 0 fully saturated rings. The number of urea groups is 1. The predicted octanol–water partition coefficient (Wildman–Crippen LogP) is 2.88. The fourth-order valence-corrected chi connectivity index (χ4v) is 2.10. The average molecular weight is 302 g/mol. The van der Waals surface area contributed by atoms with Crippen molar-refractivity contribution in [3.63, 3.8) is 0 Å². The van der Waals surface area contributed by atoms with Gasteiger partial charge in [0, 0.05) is 18.7 Å². The molecule has 0 saturated carbocycles. The first-order valence-electron chi connectivity index (χ1n) is 7.07. The molecule has 22 heavy (non-hydrogen) atoms. The number of nitrogens with one attached hydrogen (secondary N) is 2. The molecule has 0 aliphatic carbocycles. The molecule has 0 atom stereocenters. The summed E-state index contributed by atoms with van der Waals surface area (Å²) in [6.07, 6.45) is 0.453. The number of halogens is 1. The van der Waals surface area contributed by atoms with Crippen molar-refractivity contribution in [3.05, 3.63) is 65.5 Å². The third kappa shape index (κ3) is 4.48. The molecule has 2 N–H and O–H groups in total. The van der Waals surface area contributed by atoms with Gasteiger partial charge in [0.2, 0.25) is 0 Å². The summed E-state index contributed by atoms with van der Waals surface area (Å²) in [7, 11) is 1.59. The number of amides is 2. The zero-order chi connectivity index (χ0) is 15.8. The molecule has 5 heteroatoms. The average Bonchev–Trinajstić information content (AvgIpc) is 2.55. The van der Waals surface area contributed by atoms with Gasteiger partial charge >= 0.3 is 6.03 Å². The van der Waals surface area contributed by atoms with E-state index in [1.54, 1.807) is 25.3 Å². The van der Waals surface area contributed by atoms with Crippen molar-refractivity contribution < 1.29 is 13.9 Å². The van der Waals surface area contributed by atoms with Gasteiger partial charge in [-0.3, -0.25) is 0 Å². The minimum atomic E-state index is -0.290. The van der Waals surface area contributed by atoms with E-state index in [9.17, 15) is 9.18 Å². The Bertz CT molecular complexity index is 632. The van der Waals surface area contributed by atoms with Crippen LogP contribution in [-0.4, -0.2) is 19.7 Å². The number of carbonyl (C=O) groups is 1. The first-order valence-corrected chi connectivity index (χ1v) is 7.07. The molecule has 0 bridgehead atoms. The second-order valence-electron chi connectivity index (χ2n) is 4.76. The first-order chi connectivity index (χ1) is 10.7. The molecule has 2 amide bonds. The van der Waals surface area contributed by atoms with Crippen LogP contribution in [-0.2, 0) is 13.0 Å². The maximum absolute atomic E-state index is 13.4. The van der Waals surface area contributed by atoms with Crippen LogP contribution >= 0.6 is 0 Å². The first kappa shape index (κ1) is 15.8. The third-order valence-electron chi connectivity index (χ3n) is 3.27. The Labute approximate surface area is 129 Å². The van der Waals surface area contributed by atoms with Crippen molar-refractivity contribution in [2.45, 2.75) is 13.0 Å². The molecule has 0 aliphatic heterocycles. The molecule has 0 aliphatic rings. The fourth-order valence-electron chi connectivity index (χ4n) is 2.10. The van der Waals surface area contributed by atoms with Crippen LogP contribution in [0.1, 0.15) is 11.1 Å². The summed E-state index contributed by atoms with van der Waals surface area (Å²) in [5.74, 6) is 0.480. The van der Waals surface area contributed by atoms with E-state index in [1.807, 2.05) is 24.3 Å². The van der Waals surface area contributed by atoms with Crippen molar-refractivity contribution in [2.24, 2.45) is 0 Å². The number of para-hydroxylation sites is 1. The molecule has 0 radical (unpaired) electrons. The Morgan fingerprint density at radius 2 is 1.73 bits per heavy atom. The van der Waals surface area contributed by atoms with Crippen LogP contribution in [0.4, 0.5) is 9.18 Å². The largest absolute Gasteiger partial charge is 0.496 e. The van der Waals surface area contributed by atoms with E-state index in [-0.39, 0.29) is 11.8 Å². The molecule has 0 saturated heterocycles. The van der Waals surface area contributed by atoms with Crippen LogP contribution in [0.5, 0.6) is 5.75 Å². The number of rotatable bonds is 6. The Balaban J connectivity index is 1.75. The van der Waals surface area contributed by atoms with E-state index in [4.69, 9.17) is 4.74 Å². The minimum Gasteiger partial charge on any atom is -0.496 e. The molecule has 0 heterocycles. The lowest BCUT2D eigenvalue weighted by molar-refractivity contribution is 0.240. The number of methoxy groups -OCH3 is 1. The lowest BCUT2D eigenvalue weighted by Gasteiger charge is -2.10. The van der Waals surface area contributed by atoms with Crippen LogP contribution < -0.4 is 15.4 Å². The molecule has 0 unspecified atom stereocenters. The molecular formula is C17H19FN2O2. The lowest BCUT2D eigenvalue weighted by Crippen LogP contribution is -2.36. The standard InChI is InChI=1S/C17H19FN2O2/c1-22-16-9-5-3-7-14(16)12-20-17(21)19-11-10-13-6-2-4-8-15(13)18/h2-9H,10-12H2,1H3,(H2,19,20,21). The van der Waals surface area contributed by atoms with E-state index in [1.165, 1.54) is 6.07 Å². The van der Waals surface area contributed by atoms with Gasteiger partial charge in [-0.2, -0.15) is 0 Å². The Morgan fingerprint density at radius 1 is 1.05 bits per heavy atom. The van der Waals surface area contributed by atoms with Gasteiger partial charge in [0.1, 0.15) is 11.6 Å². The summed E-state index contributed by atoms with van der Waals surface area (Å²) >= 11 is 0. The Morgan fingerprint density at radius 3 is 2.45 bits per heavy atom. The quantitative estimate of drug-likeness (QED) is 0.862. The van der Waals surface area contributed by atoms with Gasteiger partial charge in [-0.1, -0.05) is 36.4 Å². The van der Waals surface area contributed by atoms with Crippen molar-refractivity contribution in [2.75, 3.05) is 13.7 Å². The zero-order valence-electron chi connectivity index (χ0n) is 12.4. The molecular weight excluding hydrogens is 283 g/mol. The van der Waals surface area contributed by atoms with Gasteiger partial charge in [0.25, 0.3) is 0 Å². The monoisotopic (exact) mass is 302 g/mol. The van der Waals surface area contributed by atoms with Gasteiger partial charge in [-0.05, 0) is 24.1 Å². The highest BCUT2D eigenvalue weighted by atomic mass is 19.1. The van der Waals surface area contributed by atoms with Gasteiger partial charge in [0.15, 0.2) is 0 Å². The van der Waals surface area contributed by atoms with E-state index in [0.29, 0.717) is 25.1 Å². The second-order valence-corrected chi connectivity index (χ2v) is 4.76. The maximum Gasteiger partial charge on any atom is 0.315 e. The highest BCUT2D eigenvalue weighted by Gasteiger charge is 2.05.